The van der Waals surface area contributed by atoms with E-state index in [0.29, 0.717) is 32.9 Å². The molecular weight excluding hydrogens is 462 g/mol. The van der Waals surface area contributed by atoms with Crippen LogP contribution in [0.4, 0.5) is 11.4 Å². The summed E-state index contributed by atoms with van der Waals surface area (Å²) in [6.07, 6.45) is 3.13. The Morgan fingerprint density at radius 2 is 1.76 bits per heavy atom. The highest BCUT2D eigenvalue weighted by molar-refractivity contribution is 7.93. The van der Waals surface area contributed by atoms with Gasteiger partial charge < -0.3 is 10.1 Å². The molecule has 168 valence electrons. The van der Waals surface area contributed by atoms with E-state index in [1.54, 1.807) is 72.9 Å². The van der Waals surface area contributed by atoms with Crippen LogP contribution in [0, 0.1) is 0 Å². The maximum atomic E-state index is 13.8. The first-order valence-electron chi connectivity index (χ1n) is 9.93. The SMILES string of the molecule is COc1ccc(N(CC(=O)Nc2ccc(Cl)cc2)S(=O)(=O)c2cccc3cnccc23)cc1. The molecule has 0 aliphatic rings. The van der Waals surface area contributed by atoms with E-state index in [-0.39, 0.29) is 4.90 Å². The number of aromatic nitrogens is 1. The number of hydrogen-bond donors (Lipinski definition) is 1. The summed E-state index contributed by atoms with van der Waals surface area (Å²) in [6, 6.07) is 19.6. The third-order valence-corrected chi connectivity index (χ3v) is 7.07. The Bertz CT molecular complexity index is 1390. The van der Waals surface area contributed by atoms with Gasteiger partial charge in [0, 0.05) is 33.9 Å². The minimum absolute atomic E-state index is 0.0810. The summed E-state index contributed by atoms with van der Waals surface area (Å²) >= 11 is 5.90. The Morgan fingerprint density at radius 1 is 1.03 bits per heavy atom. The number of amides is 1. The number of rotatable bonds is 7. The number of fused-ring (bicyclic) bond motifs is 1. The second-order valence-electron chi connectivity index (χ2n) is 7.12. The lowest BCUT2D eigenvalue weighted by atomic mass is 10.2. The van der Waals surface area contributed by atoms with Crippen molar-refractivity contribution in [3.8, 4) is 5.75 Å². The molecular formula is C24H20ClN3O4S. The Morgan fingerprint density at radius 3 is 2.45 bits per heavy atom. The van der Waals surface area contributed by atoms with Crippen LogP contribution in [0.1, 0.15) is 0 Å². The van der Waals surface area contributed by atoms with E-state index >= 15 is 0 Å². The van der Waals surface area contributed by atoms with E-state index in [4.69, 9.17) is 16.3 Å². The Balaban J connectivity index is 1.74. The van der Waals surface area contributed by atoms with Crippen LogP contribution in [0.15, 0.2) is 90.1 Å². The quantitative estimate of drug-likeness (QED) is 0.412. The summed E-state index contributed by atoms with van der Waals surface area (Å²) < 4.78 is 33.9. The third-order valence-electron chi connectivity index (χ3n) is 4.98. The minimum Gasteiger partial charge on any atom is -0.497 e. The molecule has 1 heterocycles. The smallest absolute Gasteiger partial charge is 0.265 e. The summed E-state index contributed by atoms with van der Waals surface area (Å²) in [7, 11) is -2.59. The molecule has 0 aliphatic heterocycles. The number of nitrogens with zero attached hydrogens (tertiary/aromatic N) is 2. The fourth-order valence-electron chi connectivity index (χ4n) is 3.36. The molecule has 0 spiro atoms. The minimum atomic E-state index is -4.11. The number of hydrogen-bond acceptors (Lipinski definition) is 5. The lowest BCUT2D eigenvalue weighted by Gasteiger charge is -2.25. The maximum absolute atomic E-state index is 13.8. The zero-order valence-electron chi connectivity index (χ0n) is 17.6. The number of methoxy groups -OCH3 is 1. The summed E-state index contributed by atoms with van der Waals surface area (Å²) in [5.74, 6) is 0.0663. The molecule has 3 aromatic carbocycles. The van der Waals surface area contributed by atoms with E-state index in [2.05, 4.69) is 10.3 Å². The van der Waals surface area contributed by atoms with Crippen molar-refractivity contribution in [1.82, 2.24) is 4.98 Å². The van der Waals surface area contributed by atoms with Crippen LogP contribution in [-0.4, -0.2) is 33.0 Å². The number of benzene rings is 3. The van der Waals surface area contributed by atoms with Crippen LogP contribution in [0.2, 0.25) is 5.02 Å². The predicted octanol–water partition coefficient (Wildman–Crippen LogP) is 4.73. The summed E-state index contributed by atoms with van der Waals surface area (Å²) in [5.41, 5.74) is 0.834. The van der Waals surface area contributed by atoms with Crippen molar-refractivity contribution in [2.45, 2.75) is 4.90 Å². The second kappa shape index (κ2) is 9.48. The van der Waals surface area contributed by atoms with Crippen LogP contribution in [-0.2, 0) is 14.8 Å². The number of carbonyl (C=O) groups excluding carboxylic acids is 1. The van der Waals surface area contributed by atoms with Crippen LogP contribution >= 0.6 is 11.6 Å². The lowest BCUT2D eigenvalue weighted by Crippen LogP contribution is -2.38. The summed E-state index contributed by atoms with van der Waals surface area (Å²) in [5, 5.41) is 4.44. The van der Waals surface area contributed by atoms with Crippen molar-refractivity contribution in [3.63, 3.8) is 0 Å². The van der Waals surface area contributed by atoms with Gasteiger partial charge in [0.05, 0.1) is 17.7 Å². The standard InChI is InChI=1S/C24H20ClN3O4S/c1-32-21-11-9-20(10-12-21)28(16-24(29)27-19-7-5-18(25)6-8-19)33(30,31)23-4-2-3-17-15-26-14-13-22(17)23/h2-15H,16H2,1H3,(H,27,29). The second-order valence-corrected chi connectivity index (χ2v) is 9.38. The van der Waals surface area contributed by atoms with Crippen LogP contribution in [0.3, 0.4) is 0 Å². The van der Waals surface area contributed by atoms with Gasteiger partial charge >= 0.3 is 0 Å². The number of halogens is 1. The third kappa shape index (κ3) is 4.92. The molecule has 0 unspecified atom stereocenters. The van der Waals surface area contributed by atoms with Gasteiger partial charge in [0.2, 0.25) is 5.91 Å². The zero-order valence-corrected chi connectivity index (χ0v) is 19.2. The molecule has 0 atom stereocenters. The fourth-order valence-corrected chi connectivity index (χ4v) is 5.13. The first-order chi connectivity index (χ1) is 15.9. The lowest BCUT2D eigenvalue weighted by molar-refractivity contribution is -0.114. The monoisotopic (exact) mass is 481 g/mol. The molecule has 1 amide bonds. The number of anilines is 2. The Hall–Kier alpha value is -3.62. The molecule has 0 saturated heterocycles. The zero-order chi connectivity index (χ0) is 23.4. The summed E-state index contributed by atoms with van der Waals surface area (Å²) in [6.45, 7) is -0.432. The highest BCUT2D eigenvalue weighted by Crippen LogP contribution is 2.30. The largest absolute Gasteiger partial charge is 0.497 e. The molecule has 7 nitrogen and oxygen atoms in total. The van der Waals surface area contributed by atoms with Gasteiger partial charge in [-0.25, -0.2) is 8.42 Å². The topological polar surface area (TPSA) is 88.6 Å². The van der Waals surface area contributed by atoms with Crippen LogP contribution in [0.5, 0.6) is 5.75 Å². The molecule has 4 aromatic rings. The van der Waals surface area contributed by atoms with Gasteiger partial charge in [-0.1, -0.05) is 23.7 Å². The van der Waals surface area contributed by atoms with Crippen molar-refractivity contribution < 1.29 is 17.9 Å². The van der Waals surface area contributed by atoms with Crippen LogP contribution < -0.4 is 14.4 Å². The maximum Gasteiger partial charge on any atom is 0.265 e. The molecule has 0 bridgehead atoms. The average molecular weight is 482 g/mol. The Labute approximate surface area is 196 Å². The van der Waals surface area contributed by atoms with E-state index in [1.165, 1.54) is 19.4 Å². The summed E-state index contributed by atoms with van der Waals surface area (Å²) in [4.78, 5) is 17.0. The Kier molecular flexibility index (Phi) is 6.48. The number of sulfonamides is 1. The molecule has 0 aliphatic carbocycles. The van der Waals surface area contributed by atoms with Gasteiger partial charge in [-0.3, -0.25) is 14.1 Å². The molecule has 0 saturated carbocycles. The highest BCUT2D eigenvalue weighted by atomic mass is 35.5. The van der Waals surface area contributed by atoms with Gasteiger partial charge in [-0.2, -0.15) is 0 Å². The molecule has 0 radical (unpaired) electrons. The molecule has 33 heavy (non-hydrogen) atoms. The van der Waals surface area contributed by atoms with E-state index in [9.17, 15) is 13.2 Å². The van der Waals surface area contributed by atoms with E-state index in [0.717, 1.165) is 4.31 Å². The number of pyridine rings is 1. The molecule has 9 heteroatoms. The van der Waals surface area contributed by atoms with E-state index in [1.807, 2.05) is 0 Å². The first kappa shape index (κ1) is 22.6. The van der Waals surface area contributed by atoms with Crippen molar-refractivity contribution in [2.24, 2.45) is 0 Å². The van der Waals surface area contributed by atoms with E-state index < -0.39 is 22.5 Å². The van der Waals surface area contributed by atoms with Crippen LogP contribution in [0.25, 0.3) is 10.8 Å². The van der Waals surface area contributed by atoms with Crippen molar-refractivity contribution in [2.75, 3.05) is 23.3 Å². The van der Waals surface area contributed by atoms with Crippen molar-refractivity contribution in [1.29, 1.82) is 0 Å². The molecule has 1 aromatic heterocycles. The number of nitrogens with one attached hydrogen (secondary N) is 1. The number of carbonyl (C=O) groups is 1. The average Bonchev–Trinajstić information content (AvgIpc) is 2.83. The molecule has 1 N–H and O–H groups in total. The number of ether oxygens (including phenoxy) is 1. The fraction of sp³-hybridized carbons (Fsp3) is 0.0833. The predicted molar refractivity (Wildman–Crippen MR) is 129 cm³/mol. The molecule has 4 rings (SSSR count). The van der Waals surface area contributed by atoms with Crippen molar-refractivity contribution in [3.05, 3.63) is 90.2 Å². The van der Waals surface area contributed by atoms with Gasteiger partial charge in [-0.05, 0) is 60.7 Å². The van der Waals surface area contributed by atoms with Gasteiger partial charge in [0.1, 0.15) is 12.3 Å². The molecule has 0 fully saturated rings. The van der Waals surface area contributed by atoms with Gasteiger partial charge in [0.15, 0.2) is 0 Å². The highest BCUT2D eigenvalue weighted by Gasteiger charge is 2.29. The normalized spacial score (nSPS) is 11.2. The van der Waals surface area contributed by atoms with Gasteiger partial charge in [-0.15, -0.1) is 0 Å². The van der Waals surface area contributed by atoms with Crippen molar-refractivity contribution >= 4 is 49.7 Å². The first-order valence-corrected chi connectivity index (χ1v) is 11.8. The van der Waals surface area contributed by atoms with Gasteiger partial charge in [0.25, 0.3) is 10.0 Å².